The zero-order valence-corrected chi connectivity index (χ0v) is 47.6. The van der Waals surface area contributed by atoms with E-state index in [1.54, 1.807) is 0 Å². The highest BCUT2D eigenvalue weighted by molar-refractivity contribution is 6.28. The lowest BCUT2D eigenvalue weighted by atomic mass is 10.1. The number of rotatable bonds is 6. The third kappa shape index (κ3) is 6.44. The van der Waals surface area contributed by atoms with E-state index < -0.39 is 0 Å². The van der Waals surface area contributed by atoms with Crippen molar-refractivity contribution in [2.24, 2.45) is 0 Å². The van der Waals surface area contributed by atoms with Gasteiger partial charge in [0.25, 0.3) is 0 Å². The van der Waals surface area contributed by atoms with Gasteiger partial charge in [-0.2, -0.15) is 0 Å². The monoisotopic (exact) mass is 1120 g/mol. The Morgan fingerprint density at radius 1 is 0.148 bits per heavy atom. The summed E-state index contributed by atoms with van der Waals surface area (Å²) < 4.78 is 14.8. The molecule has 0 aliphatic heterocycles. The van der Waals surface area contributed by atoms with Gasteiger partial charge in [-0.1, -0.05) is 170 Å². The highest BCUT2D eigenvalue weighted by Crippen LogP contribution is 2.46. The van der Waals surface area contributed by atoms with E-state index in [0.717, 1.165) is 34.1 Å². The molecule has 6 nitrogen and oxygen atoms in total. The first-order chi connectivity index (χ1) is 43.7. The van der Waals surface area contributed by atoms with Gasteiger partial charge in [-0.05, 0) is 144 Å². The summed E-state index contributed by atoms with van der Waals surface area (Å²) in [5.74, 6) is 0. The molecule has 0 saturated heterocycles. The molecule has 0 saturated carbocycles. The summed E-state index contributed by atoms with van der Waals surface area (Å²) in [4.78, 5) is 0. The van der Waals surface area contributed by atoms with Crippen molar-refractivity contribution in [3.05, 3.63) is 303 Å². The van der Waals surface area contributed by atoms with Gasteiger partial charge < -0.3 is 27.4 Å². The molecule has 0 unspecified atom stereocenters. The van der Waals surface area contributed by atoms with Crippen LogP contribution in [0.2, 0.25) is 0 Å². The average Bonchev–Trinajstić information content (AvgIpc) is 1.59. The van der Waals surface area contributed by atoms with Crippen LogP contribution >= 0.6 is 0 Å². The van der Waals surface area contributed by atoms with Gasteiger partial charge in [-0.3, -0.25) is 0 Å². The van der Waals surface area contributed by atoms with Gasteiger partial charge in [0, 0.05) is 98.8 Å². The van der Waals surface area contributed by atoms with Crippen LogP contribution in [0.3, 0.4) is 0 Å². The van der Waals surface area contributed by atoms with Crippen molar-refractivity contribution in [3.63, 3.8) is 0 Å². The van der Waals surface area contributed by atoms with E-state index >= 15 is 0 Å². The molecule has 6 aromatic heterocycles. The molecule has 0 aliphatic rings. The summed E-state index contributed by atoms with van der Waals surface area (Å²) in [5, 5.41) is 17.1. The highest BCUT2D eigenvalue weighted by Gasteiger charge is 2.25. The van der Waals surface area contributed by atoms with E-state index in [4.69, 9.17) is 0 Å². The fraction of sp³-hybridized carbons (Fsp3) is 0. The van der Waals surface area contributed by atoms with Crippen molar-refractivity contribution in [1.82, 2.24) is 27.4 Å². The Morgan fingerprint density at radius 3 is 0.818 bits per heavy atom. The molecule has 20 aromatic rings. The molecule has 0 spiro atoms. The quantitative estimate of drug-likeness (QED) is 0.159. The second-order valence-corrected chi connectivity index (χ2v) is 23.6. The average molecular weight is 1120 g/mol. The zero-order chi connectivity index (χ0) is 57.3. The number of hydrogen-bond donors (Lipinski definition) is 0. The highest BCUT2D eigenvalue weighted by atomic mass is 15.0. The van der Waals surface area contributed by atoms with Crippen LogP contribution in [-0.2, 0) is 0 Å². The van der Waals surface area contributed by atoms with E-state index in [1.807, 2.05) is 0 Å². The van der Waals surface area contributed by atoms with Gasteiger partial charge in [-0.25, -0.2) is 0 Å². The fourth-order valence-corrected chi connectivity index (χ4v) is 15.5. The van der Waals surface area contributed by atoms with Gasteiger partial charge in [0.15, 0.2) is 0 Å². The molecule has 6 heterocycles. The predicted molar refractivity (Wildman–Crippen MR) is 370 cm³/mol. The zero-order valence-electron chi connectivity index (χ0n) is 47.6. The summed E-state index contributed by atoms with van der Waals surface area (Å²) in [5.41, 5.74) is 21.1. The minimum Gasteiger partial charge on any atom is -0.309 e. The molecule has 0 amide bonds. The van der Waals surface area contributed by atoms with Crippen LogP contribution in [-0.4, -0.2) is 27.4 Å². The maximum absolute atomic E-state index is 2.52. The molecule has 6 heteroatoms. The van der Waals surface area contributed by atoms with Gasteiger partial charge in [-0.15, -0.1) is 0 Å². The predicted octanol–water partition coefficient (Wildman–Crippen LogP) is 21.4. The smallest absolute Gasteiger partial charge is 0.0641 e. The number of aromatic nitrogens is 6. The number of nitrogens with zero attached hydrogens (tertiary/aromatic N) is 6. The largest absolute Gasteiger partial charge is 0.309 e. The van der Waals surface area contributed by atoms with Gasteiger partial charge in [0.1, 0.15) is 0 Å². The first-order valence-corrected chi connectivity index (χ1v) is 30.3. The summed E-state index contributed by atoms with van der Waals surface area (Å²) in [6.07, 6.45) is 0. The summed E-state index contributed by atoms with van der Waals surface area (Å²) in [6, 6.07) is 112. The van der Waals surface area contributed by atoms with Crippen molar-refractivity contribution in [2.75, 3.05) is 0 Å². The minimum atomic E-state index is 1.13. The third-order valence-corrected chi connectivity index (χ3v) is 19.1. The number of benzene rings is 14. The molecule has 0 bridgehead atoms. The standard InChI is InChI=1S/C82H50N6/c1-3-19-53(20-4-1)83-69-29-13-9-25-61(69)67-49-57(39-43-75(67)83)85-73-33-17-11-27-65(73)79-77(85)45-41-63-59-23-7-15-31-71(59)87(81(63)79)55-37-35-52-48-56(38-36-51(52)47-55)88-72-32-16-8-24-60(72)64-42-46-78-80(82(64)88)66-28-12-18-34-74(66)86(78)58-40-44-76-68(50-58)62-26-10-14-30-70(62)84(76)54-21-5-2-6-22-54/h1-50H. The first kappa shape index (κ1) is 47.5. The topological polar surface area (TPSA) is 29.6 Å². The Morgan fingerprint density at radius 2 is 0.420 bits per heavy atom. The van der Waals surface area contributed by atoms with Crippen LogP contribution in [0, 0.1) is 0 Å². The fourth-order valence-electron chi connectivity index (χ4n) is 15.5. The second kappa shape index (κ2) is 17.8. The molecule has 14 aromatic carbocycles. The van der Waals surface area contributed by atoms with Crippen molar-refractivity contribution in [1.29, 1.82) is 0 Å². The maximum Gasteiger partial charge on any atom is 0.0641 e. The Labute approximate surface area is 503 Å². The number of hydrogen-bond acceptors (Lipinski definition) is 0. The molecule has 0 aliphatic carbocycles. The molecular formula is C82H50N6. The molecule has 408 valence electrons. The lowest BCUT2D eigenvalue weighted by molar-refractivity contribution is 1.16. The van der Waals surface area contributed by atoms with Gasteiger partial charge in [0.05, 0.1) is 66.2 Å². The van der Waals surface area contributed by atoms with Crippen molar-refractivity contribution >= 4 is 142 Å². The van der Waals surface area contributed by atoms with Crippen LogP contribution in [0.1, 0.15) is 0 Å². The second-order valence-electron chi connectivity index (χ2n) is 23.6. The first-order valence-electron chi connectivity index (χ1n) is 30.3. The van der Waals surface area contributed by atoms with Crippen molar-refractivity contribution < 1.29 is 0 Å². The van der Waals surface area contributed by atoms with E-state index in [-0.39, 0.29) is 0 Å². The number of para-hydroxylation sites is 8. The van der Waals surface area contributed by atoms with E-state index in [1.165, 1.54) is 142 Å². The Kier molecular flexibility index (Phi) is 9.63. The Hall–Kier alpha value is -11.9. The molecule has 0 fully saturated rings. The van der Waals surface area contributed by atoms with Gasteiger partial charge in [0.2, 0.25) is 0 Å². The third-order valence-electron chi connectivity index (χ3n) is 19.1. The molecule has 0 atom stereocenters. The lowest BCUT2D eigenvalue weighted by Gasteiger charge is -2.13. The lowest BCUT2D eigenvalue weighted by Crippen LogP contribution is -1.97. The van der Waals surface area contributed by atoms with Crippen molar-refractivity contribution in [2.45, 2.75) is 0 Å². The maximum atomic E-state index is 2.52. The van der Waals surface area contributed by atoms with Crippen LogP contribution in [0.4, 0.5) is 0 Å². The van der Waals surface area contributed by atoms with Crippen LogP contribution in [0.5, 0.6) is 0 Å². The van der Waals surface area contributed by atoms with Crippen LogP contribution in [0.15, 0.2) is 303 Å². The van der Waals surface area contributed by atoms with E-state index in [9.17, 15) is 0 Å². The Balaban J connectivity index is 0.766. The molecule has 0 N–H and O–H groups in total. The minimum absolute atomic E-state index is 1.13. The van der Waals surface area contributed by atoms with Crippen molar-refractivity contribution in [3.8, 4) is 34.1 Å². The number of fused-ring (bicyclic) bond motifs is 21. The molecule has 0 radical (unpaired) electrons. The summed E-state index contributed by atoms with van der Waals surface area (Å²) >= 11 is 0. The SMILES string of the molecule is c1ccc(-n2c3ccccc3c3cc(-n4c5ccccc5c5c4ccc4c6ccccc6n(-c6ccc7cc(-n8c9ccccc9c9ccc%10c(c%11ccccc%11n%10-c%10ccc%11c(c%10)c%10ccccc%10n%11-c%10ccccc%10)c98)ccc7c6)c45)ccc32)cc1. The van der Waals surface area contributed by atoms with Crippen LogP contribution in [0.25, 0.3) is 176 Å². The summed E-state index contributed by atoms with van der Waals surface area (Å²) in [7, 11) is 0. The normalized spacial score (nSPS) is 12.3. The van der Waals surface area contributed by atoms with E-state index in [2.05, 4.69) is 331 Å². The molecular weight excluding hydrogens is 1070 g/mol. The van der Waals surface area contributed by atoms with Crippen LogP contribution < -0.4 is 0 Å². The summed E-state index contributed by atoms with van der Waals surface area (Å²) in [6.45, 7) is 0. The molecule has 88 heavy (non-hydrogen) atoms. The Bertz CT molecular complexity index is 5970. The molecule has 20 rings (SSSR count). The van der Waals surface area contributed by atoms with E-state index in [0.29, 0.717) is 0 Å². The van der Waals surface area contributed by atoms with Gasteiger partial charge >= 0.3 is 0 Å².